The van der Waals surface area contributed by atoms with Gasteiger partial charge in [0.15, 0.2) is 17.2 Å². The number of allylic oxidation sites excluding steroid dienone is 2. The van der Waals surface area contributed by atoms with Crippen LogP contribution in [0, 0.1) is 17.8 Å². The minimum atomic E-state index is -1.86. The first kappa shape index (κ1) is 53.2. The van der Waals surface area contributed by atoms with E-state index in [1.165, 1.54) is 6.92 Å². The average Bonchev–Trinajstić information content (AvgIpc) is 3.70. The molecule has 0 aromatic carbocycles. The van der Waals surface area contributed by atoms with Gasteiger partial charge in [-0.1, -0.05) is 70.4 Å². The number of esters is 1. The Hall–Kier alpha value is -2.57. The predicted octanol–water partition coefficient (Wildman–Crippen LogP) is 7.11. The van der Waals surface area contributed by atoms with Crippen molar-refractivity contribution in [1.82, 2.24) is 0 Å². The molecule has 7 heterocycles. The lowest BCUT2D eigenvalue weighted by Crippen LogP contribution is -2.60. The van der Waals surface area contributed by atoms with E-state index in [2.05, 4.69) is 46.6 Å². The van der Waals surface area contributed by atoms with Crippen LogP contribution in [0.3, 0.4) is 0 Å². The van der Waals surface area contributed by atoms with Crippen molar-refractivity contribution in [2.45, 2.75) is 221 Å². The van der Waals surface area contributed by atoms with Crippen molar-refractivity contribution in [2.24, 2.45) is 17.8 Å². The lowest BCUT2D eigenvalue weighted by atomic mass is 9.79. The fourth-order valence-corrected chi connectivity index (χ4v) is 11.5. The van der Waals surface area contributed by atoms with Crippen molar-refractivity contribution < 1.29 is 68.2 Å². The fourth-order valence-electron chi connectivity index (χ4n) is 11.5. The molecule has 14 heteroatoms. The summed E-state index contributed by atoms with van der Waals surface area (Å²) < 4.78 is 51.2. The number of carbonyl (C=O) groups excluding carboxylic acids is 1. The number of ether oxygens (including phenoxy) is 8. The van der Waals surface area contributed by atoms with Gasteiger partial charge in [0.05, 0.1) is 49.8 Å². The van der Waals surface area contributed by atoms with E-state index in [9.17, 15) is 25.2 Å². The highest BCUT2D eigenvalue weighted by molar-refractivity contribution is 5.78. The molecule has 0 saturated carbocycles. The number of aliphatic hydroxyl groups is 5. The van der Waals surface area contributed by atoms with Gasteiger partial charge in [-0.3, -0.25) is 0 Å². The molecule has 7 aliphatic rings. The zero-order valence-electron chi connectivity index (χ0n) is 41.4. The maximum Gasteiger partial charge on any atom is 0.338 e. The van der Waals surface area contributed by atoms with Gasteiger partial charge in [0.1, 0.15) is 31.0 Å². The monoisotopic (exact) mass is 955 g/mol. The molecule has 6 saturated heterocycles. The Balaban J connectivity index is 0.884. The topological polar surface area (TPSA) is 192 Å². The van der Waals surface area contributed by atoms with E-state index < -0.39 is 71.7 Å². The van der Waals surface area contributed by atoms with E-state index in [4.69, 9.17) is 43.0 Å². The molecule has 17 atom stereocenters. The molecule has 68 heavy (non-hydrogen) atoms. The fraction of sp³-hybridized carbons (Fsp3) is 0.759. The van der Waals surface area contributed by atoms with Crippen molar-refractivity contribution in [3.05, 3.63) is 72.4 Å². The van der Waals surface area contributed by atoms with Crippen LogP contribution in [0.25, 0.3) is 0 Å². The van der Waals surface area contributed by atoms with Gasteiger partial charge < -0.3 is 63.4 Å². The first-order valence-corrected chi connectivity index (χ1v) is 25.5. The largest absolute Gasteiger partial charge is 0.459 e. The first-order chi connectivity index (χ1) is 32.3. The van der Waals surface area contributed by atoms with Crippen LogP contribution in [0.2, 0.25) is 0 Å². The van der Waals surface area contributed by atoms with Crippen LogP contribution in [-0.2, 0) is 42.7 Å². The van der Waals surface area contributed by atoms with Crippen molar-refractivity contribution in [1.29, 1.82) is 0 Å². The van der Waals surface area contributed by atoms with Gasteiger partial charge in [-0.2, -0.15) is 0 Å². The second-order valence-corrected chi connectivity index (χ2v) is 21.7. The van der Waals surface area contributed by atoms with E-state index in [0.29, 0.717) is 80.4 Å². The summed E-state index contributed by atoms with van der Waals surface area (Å²) in [5, 5.41) is 54.9. The molecule has 0 radical (unpaired) electrons. The van der Waals surface area contributed by atoms with Gasteiger partial charge in [0, 0.05) is 38.0 Å². The van der Waals surface area contributed by atoms with E-state index in [1.54, 1.807) is 0 Å². The van der Waals surface area contributed by atoms with Gasteiger partial charge in [-0.05, 0) is 119 Å². The highest BCUT2D eigenvalue weighted by atomic mass is 16.7. The van der Waals surface area contributed by atoms with Crippen LogP contribution in [0.4, 0.5) is 0 Å². The van der Waals surface area contributed by atoms with Crippen LogP contribution in [0.15, 0.2) is 72.4 Å². The number of aliphatic hydroxyl groups excluding tert-OH is 4. The van der Waals surface area contributed by atoms with Gasteiger partial charge in [-0.25, -0.2) is 4.79 Å². The number of hydrogen-bond donors (Lipinski definition) is 5. The molecule has 3 spiro atoms. The lowest BCUT2D eigenvalue weighted by molar-refractivity contribution is -0.321. The van der Waals surface area contributed by atoms with Crippen molar-refractivity contribution in [3.63, 3.8) is 0 Å². The Labute approximate surface area is 404 Å². The smallest absolute Gasteiger partial charge is 0.338 e. The third kappa shape index (κ3) is 12.5. The Morgan fingerprint density at radius 1 is 0.956 bits per heavy atom. The standard InChI is InChI=1S/C54H82O14/c1-33(31-55)13-9-10-14-34(2)32-61-50(59)51(8,60)30-41-17-18-45(57)54(65-41)29-35(3)27-44(66-54)36(4)15-16-40-20-24-53(64-40)25-21-43-49(68-53)46(58)39(7)48(63-43)42(56)28-38(6)47-37(5)19-23-52(67-47)22-11-12-26-62-52/h9-10,15-16,29,36-38,40-49,55-58,60H,1-2,7,11-14,17-28,30-32H2,3-6,8H3. The molecule has 5 N–H and O–H groups in total. The predicted molar refractivity (Wildman–Crippen MR) is 255 cm³/mol. The zero-order valence-corrected chi connectivity index (χ0v) is 41.4. The molecule has 17 unspecified atom stereocenters. The molecule has 14 nitrogen and oxygen atoms in total. The third-order valence-corrected chi connectivity index (χ3v) is 15.6. The molecule has 0 bridgehead atoms. The zero-order chi connectivity index (χ0) is 49.0. The second-order valence-electron chi connectivity index (χ2n) is 21.7. The van der Waals surface area contributed by atoms with Crippen LogP contribution < -0.4 is 0 Å². The van der Waals surface area contributed by atoms with Crippen molar-refractivity contribution in [2.75, 3.05) is 19.8 Å². The summed E-state index contributed by atoms with van der Waals surface area (Å²) in [6, 6.07) is 0. The molecule has 0 amide bonds. The number of rotatable bonds is 17. The summed E-state index contributed by atoms with van der Waals surface area (Å²) in [6.07, 6.45) is 14.1. The molecule has 0 aliphatic carbocycles. The van der Waals surface area contributed by atoms with E-state index in [0.717, 1.165) is 50.7 Å². The quantitative estimate of drug-likeness (QED) is 0.0732. The van der Waals surface area contributed by atoms with Gasteiger partial charge >= 0.3 is 5.97 Å². The maximum absolute atomic E-state index is 13.1. The molecule has 0 aromatic rings. The van der Waals surface area contributed by atoms with E-state index >= 15 is 0 Å². The number of hydrogen-bond acceptors (Lipinski definition) is 14. The third-order valence-electron chi connectivity index (χ3n) is 15.6. The Kier molecular flexibility index (Phi) is 17.6. The molecular formula is C54H82O14. The normalized spacial score (nSPS) is 40.0. The molecule has 382 valence electrons. The Bertz CT molecular complexity index is 1870. The minimum Gasteiger partial charge on any atom is -0.459 e. The summed E-state index contributed by atoms with van der Waals surface area (Å²) in [5.74, 6) is -3.35. The molecule has 0 aromatic heterocycles. The van der Waals surface area contributed by atoms with Crippen molar-refractivity contribution >= 4 is 5.97 Å². The van der Waals surface area contributed by atoms with E-state index in [-0.39, 0.29) is 49.8 Å². The molecular weight excluding hydrogens is 873 g/mol. The second kappa shape index (κ2) is 22.5. The molecule has 7 aliphatic heterocycles. The summed E-state index contributed by atoms with van der Waals surface area (Å²) in [4.78, 5) is 13.1. The van der Waals surface area contributed by atoms with Gasteiger partial charge in [-0.15, -0.1) is 0 Å². The van der Waals surface area contributed by atoms with E-state index in [1.807, 2.05) is 31.2 Å². The first-order valence-electron chi connectivity index (χ1n) is 25.5. The lowest BCUT2D eigenvalue weighted by Gasteiger charge is -2.50. The Morgan fingerprint density at radius 2 is 1.69 bits per heavy atom. The molecule has 6 fully saturated rings. The van der Waals surface area contributed by atoms with Crippen LogP contribution >= 0.6 is 0 Å². The summed E-state index contributed by atoms with van der Waals surface area (Å²) in [7, 11) is 0. The van der Waals surface area contributed by atoms with Crippen LogP contribution in [0.5, 0.6) is 0 Å². The van der Waals surface area contributed by atoms with Crippen LogP contribution in [0.1, 0.15) is 137 Å². The Morgan fingerprint density at radius 3 is 2.43 bits per heavy atom. The SMILES string of the molecule is C=C(CO)CC=CCC(=C)COC(=O)C(C)(O)CC1CCC(O)C2(C=C(C)CC(C(C)C=CC3CCC4(CCC5OC(C(O)CC(C)C6OC7(CCCCO7)CCC6C)C(=C)C(O)C5O4)O3)O2)O1. The minimum absolute atomic E-state index is 0.0428. The summed E-state index contributed by atoms with van der Waals surface area (Å²) in [5.41, 5.74) is 0.901. The average molecular weight is 955 g/mol. The summed E-state index contributed by atoms with van der Waals surface area (Å²) in [6.45, 7) is 22.3. The van der Waals surface area contributed by atoms with Crippen molar-refractivity contribution in [3.8, 4) is 0 Å². The number of carbonyl (C=O) groups is 1. The van der Waals surface area contributed by atoms with Crippen LogP contribution in [-0.4, -0.2) is 135 Å². The highest BCUT2D eigenvalue weighted by Crippen LogP contribution is 2.47. The van der Waals surface area contributed by atoms with Gasteiger partial charge in [0.25, 0.3) is 0 Å². The summed E-state index contributed by atoms with van der Waals surface area (Å²) >= 11 is 0. The maximum atomic E-state index is 13.1. The van der Waals surface area contributed by atoms with Gasteiger partial charge in [0.2, 0.25) is 5.79 Å². The number of fused-ring (bicyclic) bond motifs is 1. The highest BCUT2D eigenvalue weighted by Gasteiger charge is 2.55. The molecule has 7 rings (SSSR count).